The van der Waals surface area contributed by atoms with Crippen molar-refractivity contribution in [2.24, 2.45) is 0 Å². The first-order valence-electron chi connectivity index (χ1n) is 7.26. The fourth-order valence-corrected chi connectivity index (χ4v) is 2.19. The van der Waals surface area contributed by atoms with Gasteiger partial charge in [0, 0.05) is 24.8 Å². The van der Waals surface area contributed by atoms with Crippen molar-refractivity contribution < 1.29 is 4.79 Å². The fourth-order valence-electron chi connectivity index (χ4n) is 2.19. The van der Waals surface area contributed by atoms with Crippen molar-refractivity contribution >= 4 is 11.6 Å². The first kappa shape index (κ1) is 16.5. The van der Waals surface area contributed by atoms with Crippen molar-refractivity contribution in [1.29, 1.82) is 0 Å². The van der Waals surface area contributed by atoms with Crippen molar-refractivity contribution in [3.63, 3.8) is 0 Å². The molecule has 4 heteroatoms. The summed E-state index contributed by atoms with van der Waals surface area (Å²) in [7, 11) is 1.95. The van der Waals surface area contributed by atoms with Crippen LogP contribution in [0.3, 0.4) is 0 Å². The summed E-state index contributed by atoms with van der Waals surface area (Å²) in [6, 6.07) is 6.55. The molecule has 0 heterocycles. The molecule has 112 valence electrons. The highest BCUT2D eigenvalue weighted by atomic mass is 16.2. The third-order valence-corrected chi connectivity index (χ3v) is 3.22. The first-order chi connectivity index (χ1) is 9.47. The van der Waals surface area contributed by atoms with Gasteiger partial charge in [-0.15, -0.1) is 0 Å². The molecule has 0 atom stereocenters. The van der Waals surface area contributed by atoms with Crippen LogP contribution in [0.15, 0.2) is 18.2 Å². The van der Waals surface area contributed by atoms with E-state index in [0.717, 1.165) is 18.8 Å². The summed E-state index contributed by atoms with van der Waals surface area (Å²) in [5.41, 5.74) is 3.64. The van der Waals surface area contributed by atoms with Gasteiger partial charge in [0.15, 0.2) is 0 Å². The Balaban J connectivity index is 2.79. The number of amides is 1. The Morgan fingerprint density at radius 3 is 2.55 bits per heavy atom. The van der Waals surface area contributed by atoms with E-state index in [4.69, 9.17) is 0 Å². The summed E-state index contributed by atoms with van der Waals surface area (Å²) in [6.07, 6.45) is 0. The SMILES string of the molecule is CCN(CC(=O)NC(C)C)c1ccc(CNC)c(C)c1. The van der Waals surface area contributed by atoms with Crippen LogP contribution >= 0.6 is 0 Å². The van der Waals surface area contributed by atoms with Crippen molar-refractivity contribution in [2.45, 2.75) is 40.3 Å². The zero-order valence-corrected chi connectivity index (χ0v) is 13.3. The number of carbonyl (C=O) groups is 1. The zero-order chi connectivity index (χ0) is 15.1. The predicted octanol–water partition coefficient (Wildman–Crippen LogP) is 2.07. The van der Waals surface area contributed by atoms with E-state index in [2.05, 4.69) is 47.6 Å². The normalized spacial score (nSPS) is 10.7. The van der Waals surface area contributed by atoms with Crippen LogP contribution in [0.25, 0.3) is 0 Å². The molecule has 20 heavy (non-hydrogen) atoms. The van der Waals surface area contributed by atoms with E-state index in [-0.39, 0.29) is 11.9 Å². The second-order valence-electron chi connectivity index (χ2n) is 5.38. The van der Waals surface area contributed by atoms with Gasteiger partial charge in [0.05, 0.1) is 6.54 Å². The second kappa shape index (κ2) is 7.90. The van der Waals surface area contributed by atoms with Crippen LogP contribution in [0.5, 0.6) is 0 Å². The van der Waals surface area contributed by atoms with Crippen molar-refractivity contribution in [2.75, 3.05) is 25.0 Å². The molecule has 1 aromatic carbocycles. The minimum atomic E-state index is 0.0683. The topological polar surface area (TPSA) is 44.4 Å². The molecule has 1 amide bonds. The minimum absolute atomic E-state index is 0.0683. The van der Waals surface area contributed by atoms with Crippen molar-refractivity contribution in [3.05, 3.63) is 29.3 Å². The van der Waals surface area contributed by atoms with E-state index < -0.39 is 0 Å². The maximum absolute atomic E-state index is 11.9. The summed E-state index contributed by atoms with van der Waals surface area (Å²) >= 11 is 0. The standard InChI is InChI=1S/C16H27N3O/c1-6-19(11-16(20)18-12(2)3)15-8-7-14(10-17-5)13(4)9-15/h7-9,12,17H,6,10-11H2,1-5H3,(H,18,20). The highest BCUT2D eigenvalue weighted by molar-refractivity contribution is 5.81. The molecule has 1 rings (SSSR count). The lowest BCUT2D eigenvalue weighted by atomic mass is 10.1. The molecular formula is C16H27N3O. The number of nitrogens with one attached hydrogen (secondary N) is 2. The van der Waals surface area contributed by atoms with Crippen LogP contribution in [0, 0.1) is 6.92 Å². The third kappa shape index (κ3) is 4.85. The van der Waals surface area contributed by atoms with Gasteiger partial charge in [0.1, 0.15) is 0 Å². The molecule has 0 aliphatic heterocycles. The summed E-state index contributed by atoms with van der Waals surface area (Å²) < 4.78 is 0. The number of hydrogen-bond donors (Lipinski definition) is 2. The quantitative estimate of drug-likeness (QED) is 0.802. The summed E-state index contributed by atoms with van der Waals surface area (Å²) in [5, 5.41) is 6.10. The molecule has 0 saturated carbocycles. The number of rotatable bonds is 7. The molecule has 0 bridgehead atoms. The highest BCUT2D eigenvalue weighted by Crippen LogP contribution is 2.19. The molecular weight excluding hydrogens is 250 g/mol. The van der Waals surface area contributed by atoms with E-state index in [1.807, 2.05) is 20.9 Å². The van der Waals surface area contributed by atoms with Gasteiger partial charge in [-0.25, -0.2) is 0 Å². The zero-order valence-electron chi connectivity index (χ0n) is 13.3. The van der Waals surface area contributed by atoms with Crippen LogP contribution in [0.1, 0.15) is 31.9 Å². The minimum Gasteiger partial charge on any atom is -0.362 e. The molecule has 0 radical (unpaired) electrons. The van der Waals surface area contributed by atoms with Gasteiger partial charge in [0.2, 0.25) is 5.91 Å². The van der Waals surface area contributed by atoms with Gasteiger partial charge >= 0.3 is 0 Å². The predicted molar refractivity (Wildman–Crippen MR) is 85.1 cm³/mol. The molecule has 0 spiro atoms. The number of nitrogens with zero attached hydrogens (tertiary/aromatic N) is 1. The van der Waals surface area contributed by atoms with E-state index in [0.29, 0.717) is 6.54 Å². The van der Waals surface area contributed by atoms with Gasteiger partial charge in [-0.3, -0.25) is 4.79 Å². The lowest BCUT2D eigenvalue weighted by molar-refractivity contribution is -0.120. The summed E-state index contributed by atoms with van der Waals surface area (Å²) in [5.74, 6) is 0.0683. The van der Waals surface area contributed by atoms with Gasteiger partial charge < -0.3 is 15.5 Å². The van der Waals surface area contributed by atoms with Crippen molar-refractivity contribution in [3.8, 4) is 0 Å². The Hall–Kier alpha value is -1.55. The molecule has 1 aromatic rings. The number of carbonyl (C=O) groups excluding carboxylic acids is 1. The van der Waals surface area contributed by atoms with Gasteiger partial charge in [-0.2, -0.15) is 0 Å². The molecule has 0 fully saturated rings. The number of anilines is 1. The van der Waals surface area contributed by atoms with Crippen LogP contribution in [-0.2, 0) is 11.3 Å². The Labute approximate surface area is 122 Å². The molecule has 0 aromatic heterocycles. The monoisotopic (exact) mass is 277 g/mol. The average Bonchev–Trinajstić information content (AvgIpc) is 2.37. The third-order valence-electron chi connectivity index (χ3n) is 3.22. The maximum Gasteiger partial charge on any atom is 0.239 e. The Kier molecular flexibility index (Phi) is 6.52. The van der Waals surface area contributed by atoms with Crippen LogP contribution in [0.2, 0.25) is 0 Å². The van der Waals surface area contributed by atoms with Gasteiger partial charge in [0.25, 0.3) is 0 Å². The smallest absolute Gasteiger partial charge is 0.239 e. The lowest BCUT2D eigenvalue weighted by Gasteiger charge is -2.24. The summed E-state index contributed by atoms with van der Waals surface area (Å²) in [4.78, 5) is 14.0. The maximum atomic E-state index is 11.9. The number of aryl methyl sites for hydroxylation is 1. The fraction of sp³-hybridized carbons (Fsp3) is 0.562. The highest BCUT2D eigenvalue weighted by Gasteiger charge is 2.11. The van der Waals surface area contributed by atoms with Gasteiger partial charge in [-0.1, -0.05) is 6.07 Å². The molecule has 2 N–H and O–H groups in total. The largest absolute Gasteiger partial charge is 0.362 e. The molecule has 0 unspecified atom stereocenters. The van der Waals surface area contributed by atoms with Crippen LogP contribution < -0.4 is 15.5 Å². The molecule has 0 saturated heterocycles. The van der Waals surface area contributed by atoms with E-state index >= 15 is 0 Å². The Morgan fingerprint density at radius 2 is 2.05 bits per heavy atom. The molecule has 0 aliphatic rings. The van der Waals surface area contributed by atoms with E-state index in [1.54, 1.807) is 0 Å². The van der Waals surface area contributed by atoms with E-state index in [9.17, 15) is 4.79 Å². The number of benzene rings is 1. The first-order valence-corrected chi connectivity index (χ1v) is 7.26. The van der Waals surface area contributed by atoms with Gasteiger partial charge in [-0.05, 0) is 58.0 Å². The van der Waals surface area contributed by atoms with Crippen molar-refractivity contribution in [1.82, 2.24) is 10.6 Å². The average molecular weight is 277 g/mol. The molecule has 0 aliphatic carbocycles. The van der Waals surface area contributed by atoms with E-state index in [1.165, 1.54) is 11.1 Å². The number of hydrogen-bond acceptors (Lipinski definition) is 3. The lowest BCUT2D eigenvalue weighted by Crippen LogP contribution is -2.40. The van der Waals surface area contributed by atoms with Crippen LogP contribution in [0.4, 0.5) is 5.69 Å². The Bertz CT molecular complexity index is 443. The summed E-state index contributed by atoms with van der Waals surface area (Å²) in [6.45, 7) is 10.2. The number of likely N-dealkylation sites (N-methyl/N-ethyl adjacent to an activating group) is 1. The van der Waals surface area contributed by atoms with Crippen LogP contribution in [-0.4, -0.2) is 32.1 Å². The second-order valence-corrected chi connectivity index (χ2v) is 5.38. The molecule has 4 nitrogen and oxygen atoms in total. The Morgan fingerprint density at radius 1 is 1.35 bits per heavy atom.